The van der Waals surface area contributed by atoms with Crippen molar-refractivity contribution in [3.05, 3.63) is 0 Å². The van der Waals surface area contributed by atoms with Gasteiger partial charge in [0.25, 0.3) is 0 Å². The predicted molar refractivity (Wildman–Crippen MR) is 63.3 cm³/mol. The van der Waals surface area contributed by atoms with Crippen LogP contribution in [0.3, 0.4) is 0 Å². The van der Waals surface area contributed by atoms with Crippen LogP contribution in [-0.4, -0.2) is 77.5 Å². The van der Waals surface area contributed by atoms with E-state index < -0.39 is 18.1 Å². The van der Waals surface area contributed by atoms with Crippen molar-refractivity contribution in [3.8, 4) is 0 Å². The third-order valence-corrected chi connectivity index (χ3v) is 2.87. The second-order valence-electron chi connectivity index (χ2n) is 4.46. The summed E-state index contributed by atoms with van der Waals surface area (Å²) in [5, 5.41) is 18.2. The van der Waals surface area contributed by atoms with Gasteiger partial charge >= 0.3 is 12.0 Å². The van der Waals surface area contributed by atoms with E-state index in [1.165, 1.54) is 9.80 Å². The molecule has 2 N–H and O–H groups in total. The number of rotatable bonds is 4. The largest absolute Gasteiger partial charge is 0.480 e. The van der Waals surface area contributed by atoms with Crippen molar-refractivity contribution in [1.29, 1.82) is 0 Å². The molecule has 7 heteroatoms. The van der Waals surface area contributed by atoms with Crippen LogP contribution in [0.25, 0.3) is 0 Å². The van der Waals surface area contributed by atoms with Gasteiger partial charge in [0.2, 0.25) is 0 Å². The summed E-state index contributed by atoms with van der Waals surface area (Å²) in [6, 6.07) is -1.27. The molecule has 2 unspecified atom stereocenters. The standard InChI is InChI=1S/C11H20N2O5/c1-8(14)3-4-12(2)11(17)13-5-6-18-7-9(13)10(15)16/h8-9,14H,3-7H2,1-2H3,(H,15,16). The van der Waals surface area contributed by atoms with Crippen molar-refractivity contribution in [3.63, 3.8) is 0 Å². The number of morpholine rings is 1. The fourth-order valence-corrected chi connectivity index (χ4v) is 1.73. The summed E-state index contributed by atoms with van der Waals surface area (Å²) < 4.78 is 5.07. The first-order chi connectivity index (χ1) is 8.43. The van der Waals surface area contributed by atoms with Gasteiger partial charge in [-0.3, -0.25) is 0 Å². The molecule has 1 aliphatic rings. The van der Waals surface area contributed by atoms with E-state index in [0.717, 1.165) is 0 Å². The van der Waals surface area contributed by atoms with E-state index in [9.17, 15) is 9.59 Å². The predicted octanol–water partition coefficient (Wildman–Crippen LogP) is -0.405. The number of aliphatic carboxylic acids is 1. The third kappa shape index (κ3) is 3.85. The molecule has 0 spiro atoms. The van der Waals surface area contributed by atoms with Crippen LogP contribution in [0.15, 0.2) is 0 Å². The summed E-state index contributed by atoms with van der Waals surface area (Å²) in [6.07, 6.45) is -0.0233. The molecule has 0 aromatic heterocycles. The van der Waals surface area contributed by atoms with Crippen LogP contribution in [0.4, 0.5) is 4.79 Å². The minimum atomic E-state index is -1.06. The first-order valence-electron chi connectivity index (χ1n) is 5.94. The van der Waals surface area contributed by atoms with Crippen LogP contribution >= 0.6 is 0 Å². The zero-order chi connectivity index (χ0) is 13.7. The van der Waals surface area contributed by atoms with Crippen LogP contribution in [0.5, 0.6) is 0 Å². The van der Waals surface area contributed by atoms with Gasteiger partial charge in [0, 0.05) is 20.1 Å². The fraction of sp³-hybridized carbons (Fsp3) is 0.818. The molecule has 7 nitrogen and oxygen atoms in total. The van der Waals surface area contributed by atoms with E-state index >= 15 is 0 Å². The van der Waals surface area contributed by atoms with Gasteiger partial charge in [-0.05, 0) is 13.3 Å². The Kier molecular flexibility index (Phi) is 5.36. The van der Waals surface area contributed by atoms with Gasteiger partial charge < -0.3 is 24.7 Å². The Morgan fingerprint density at radius 3 is 2.78 bits per heavy atom. The molecule has 0 aliphatic carbocycles. The number of hydrogen-bond acceptors (Lipinski definition) is 4. The van der Waals surface area contributed by atoms with Gasteiger partial charge in [-0.2, -0.15) is 0 Å². The average Bonchev–Trinajstić information content (AvgIpc) is 2.34. The Morgan fingerprint density at radius 2 is 2.22 bits per heavy atom. The van der Waals surface area contributed by atoms with Crippen LogP contribution in [-0.2, 0) is 9.53 Å². The monoisotopic (exact) mass is 260 g/mol. The summed E-state index contributed by atoms with van der Waals surface area (Å²) in [6.45, 7) is 2.67. The maximum Gasteiger partial charge on any atom is 0.328 e. The van der Waals surface area contributed by atoms with E-state index in [1.807, 2.05) is 0 Å². The number of nitrogens with zero attached hydrogens (tertiary/aromatic N) is 2. The molecule has 1 saturated heterocycles. The molecule has 2 atom stereocenters. The van der Waals surface area contributed by atoms with Crippen molar-refractivity contribution in [2.45, 2.75) is 25.5 Å². The Labute approximate surface area is 106 Å². The summed E-state index contributed by atoms with van der Waals surface area (Å²) in [7, 11) is 1.60. The van der Waals surface area contributed by atoms with Crippen LogP contribution in [0.2, 0.25) is 0 Å². The summed E-state index contributed by atoms with van der Waals surface area (Å²) >= 11 is 0. The second kappa shape index (κ2) is 6.55. The number of aliphatic hydroxyl groups is 1. The zero-order valence-corrected chi connectivity index (χ0v) is 10.7. The highest BCUT2D eigenvalue weighted by Gasteiger charge is 2.34. The lowest BCUT2D eigenvalue weighted by Crippen LogP contribution is -2.56. The number of carbonyl (C=O) groups is 2. The van der Waals surface area contributed by atoms with Gasteiger partial charge in [0.15, 0.2) is 6.04 Å². The topological polar surface area (TPSA) is 90.3 Å². The highest BCUT2D eigenvalue weighted by atomic mass is 16.5. The van der Waals surface area contributed by atoms with Crippen LogP contribution in [0.1, 0.15) is 13.3 Å². The molecular weight excluding hydrogens is 240 g/mol. The third-order valence-electron chi connectivity index (χ3n) is 2.87. The number of urea groups is 1. The van der Waals surface area contributed by atoms with Gasteiger partial charge in [0.1, 0.15) is 0 Å². The fourth-order valence-electron chi connectivity index (χ4n) is 1.73. The summed E-state index contributed by atoms with van der Waals surface area (Å²) in [4.78, 5) is 25.8. The number of hydrogen-bond donors (Lipinski definition) is 2. The van der Waals surface area contributed by atoms with Crippen molar-refractivity contribution >= 4 is 12.0 Å². The van der Waals surface area contributed by atoms with Crippen LogP contribution in [0, 0.1) is 0 Å². The molecule has 104 valence electrons. The Balaban J connectivity index is 2.59. The van der Waals surface area contributed by atoms with Crippen molar-refractivity contribution < 1.29 is 24.5 Å². The van der Waals surface area contributed by atoms with Gasteiger partial charge in [-0.1, -0.05) is 0 Å². The number of amides is 2. The van der Waals surface area contributed by atoms with E-state index in [0.29, 0.717) is 19.6 Å². The van der Waals surface area contributed by atoms with E-state index in [1.54, 1.807) is 14.0 Å². The number of ether oxygens (including phenoxy) is 1. The SMILES string of the molecule is CC(O)CCN(C)C(=O)N1CCOCC1C(=O)O. The number of carboxylic acid groups (broad SMARTS) is 1. The van der Waals surface area contributed by atoms with Gasteiger partial charge in [-0.25, -0.2) is 9.59 Å². The summed E-state index contributed by atoms with van der Waals surface area (Å²) in [5.41, 5.74) is 0. The lowest BCUT2D eigenvalue weighted by molar-refractivity contribution is -0.147. The molecule has 0 radical (unpaired) electrons. The molecule has 1 rings (SSSR count). The van der Waals surface area contributed by atoms with Gasteiger partial charge in [-0.15, -0.1) is 0 Å². The molecular formula is C11H20N2O5. The Morgan fingerprint density at radius 1 is 1.56 bits per heavy atom. The number of carboxylic acids is 1. The highest BCUT2D eigenvalue weighted by Crippen LogP contribution is 2.10. The number of carbonyl (C=O) groups excluding carboxylic acids is 1. The van der Waals surface area contributed by atoms with E-state index in [2.05, 4.69) is 0 Å². The normalized spacial score (nSPS) is 21.5. The maximum atomic E-state index is 12.1. The Bertz CT molecular complexity index is 308. The maximum absolute atomic E-state index is 12.1. The van der Waals surface area contributed by atoms with Gasteiger partial charge in [0.05, 0.1) is 19.3 Å². The summed E-state index contributed by atoms with van der Waals surface area (Å²) in [5.74, 6) is -1.06. The highest BCUT2D eigenvalue weighted by molar-refractivity contribution is 5.82. The van der Waals surface area contributed by atoms with E-state index in [4.69, 9.17) is 14.9 Å². The Hall–Kier alpha value is -1.34. The first-order valence-corrected chi connectivity index (χ1v) is 5.94. The molecule has 18 heavy (non-hydrogen) atoms. The molecule has 0 aromatic carbocycles. The first kappa shape index (κ1) is 14.7. The van der Waals surface area contributed by atoms with Crippen molar-refractivity contribution in [2.24, 2.45) is 0 Å². The van der Waals surface area contributed by atoms with Crippen molar-refractivity contribution in [1.82, 2.24) is 9.80 Å². The zero-order valence-electron chi connectivity index (χ0n) is 10.7. The van der Waals surface area contributed by atoms with Crippen molar-refractivity contribution in [2.75, 3.05) is 33.4 Å². The molecule has 1 heterocycles. The minimum Gasteiger partial charge on any atom is -0.480 e. The molecule has 1 fully saturated rings. The smallest absolute Gasteiger partial charge is 0.328 e. The van der Waals surface area contributed by atoms with Crippen LogP contribution < -0.4 is 0 Å². The molecule has 0 bridgehead atoms. The number of aliphatic hydroxyl groups excluding tert-OH is 1. The molecule has 0 saturated carbocycles. The lowest BCUT2D eigenvalue weighted by Gasteiger charge is -2.35. The second-order valence-corrected chi connectivity index (χ2v) is 4.46. The van der Waals surface area contributed by atoms with E-state index in [-0.39, 0.29) is 19.2 Å². The lowest BCUT2D eigenvalue weighted by atomic mass is 10.2. The average molecular weight is 260 g/mol. The quantitative estimate of drug-likeness (QED) is 0.717. The molecule has 1 aliphatic heterocycles. The molecule has 2 amide bonds. The minimum absolute atomic E-state index is 0.0192. The molecule has 0 aromatic rings.